The number of nitrogens with zero attached hydrogens (tertiary/aromatic N) is 3. The van der Waals surface area contributed by atoms with Gasteiger partial charge >= 0.3 is 0 Å². The Balaban J connectivity index is 1.63. The first-order valence-corrected chi connectivity index (χ1v) is 7.78. The lowest BCUT2D eigenvalue weighted by atomic mass is 10.2. The van der Waals surface area contributed by atoms with Crippen LogP contribution in [0.2, 0.25) is 0 Å². The normalized spacial score (nSPS) is 11.1. The van der Waals surface area contributed by atoms with Crippen LogP contribution in [0.4, 0.5) is 4.39 Å². The van der Waals surface area contributed by atoms with Crippen LogP contribution >= 0.6 is 11.3 Å². The van der Waals surface area contributed by atoms with Gasteiger partial charge in [0, 0.05) is 10.9 Å². The second-order valence-electron chi connectivity index (χ2n) is 5.01. The maximum absolute atomic E-state index is 13.0. The first-order chi connectivity index (χ1) is 10.8. The van der Waals surface area contributed by atoms with Crippen LogP contribution in [0.1, 0.15) is 5.69 Å². The molecule has 22 heavy (non-hydrogen) atoms. The molecular weight excluding hydrogens is 297 g/mol. The van der Waals surface area contributed by atoms with Gasteiger partial charge in [-0.1, -0.05) is 12.1 Å². The van der Waals surface area contributed by atoms with Gasteiger partial charge in [-0.25, -0.2) is 14.4 Å². The van der Waals surface area contributed by atoms with Crippen molar-refractivity contribution in [2.24, 2.45) is 0 Å². The van der Waals surface area contributed by atoms with Crippen molar-refractivity contribution in [3.05, 3.63) is 71.7 Å². The Morgan fingerprint density at radius 2 is 1.86 bits per heavy atom. The molecule has 2 aromatic carbocycles. The Morgan fingerprint density at radius 3 is 2.73 bits per heavy atom. The minimum atomic E-state index is -0.231. The Hall–Kier alpha value is -2.53. The fraction of sp³-hybridized carbons (Fsp3) is 0.0588. The fourth-order valence-corrected chi connectivity index (χ4v) is 3.23. The van der Waals surface area contributed by atoms with E-state index in [-0.39, 0.29) is 5.82 Å². The Bertz CT molecular complexity index is 924. The van der Waals surface area contributed by atoms with E-state index in [2.05, 4.69) is 20.6 Å². The van der Waals surface area contributed by atoms with Crippen LogP contribution in [0.3, 0.4) is 0 Å². The molecule has 0 saturated carbocycles. The molecule has 5 heteroatoms. The van der Waals surface area contributed by atoms with Gasteiger partial charge in [-0.2, -0.15) is 0 Å². The van der Waals surface area contributed by atoms with Gasteiger partial charge in [0.05, 0.1) is 29.6 Å². The van der Waals surface area contributed by atoms with E-state index in [0.29, 0.717) is 6.54 Å². The average Bonchev–Trinajstić information content (AvgIpc) is 3.16. The molecule has 4 rings (SSSR count). The number of imidazole rings is 1. The Morgan fingerprint density at radius 1 is 1.05 bits per heavy atom. The van der Waals surface area contributed by atoms with Crippen LogP contribution in [0, 0.1) is 5.82 Å². The summed E-state index contributed by atoms with van der Waals surface area (Å²) in [5, 5.41) is 2.94. The van der Waals surface area contributed by atoms with E-state index in [4.69, 9.17) is 0 Å². The number of para-hydroxylation sites is 2. The first kappa shape index (κ1) is 13.2. The molecule has 108 valence electrons. The lowest BCUT2D eigenvalue weighted by Crippen LogP contribution is -1.98. The number of hydrogen-bond donors (Lipinski definition) is 0. The summed E-state index contributed by atoms with van der Waals surface area (Å²) in [6.45, 7) is 0.679. The summed E-state index contributed by atoms with van der Waals surface area (Å²) in [7, 11) is 0. The van der Waals surface area contributed by atoms with Crippen molar-refractivity contribution in [2.75, 3.05) is 0 Å². The van der Waals surface area contributed by atoms with Crippen molar-refractivity contribution < 1.29 is 4.39 Å². The van der Waals surface area contributed by atoms with E-state index in [1.165, 1.54) is 12.1 Å². The molecule has 0 atom stereocenters. The minimum absolute atomic E-state index is 0.231. The van der Waals surface area contributed by atoms with Gasteiger partial charge in [0.2, 0.25) is 0 Å². The number of benzene rings is 2. The van der Waals surface area contributed by atoms with Crippen molar-refractivity contribution in [2.45, 2.75) is 6.54 Å². The minimum Gasteiger partial charge on any atom is -0.324 e. The molecule has 0 radical (unpaired) electrons. The number of halogens is 1. The smallest absolute Gasteiger partial charge is 0.123 e. The van der Waals surface area contributed by atoms with E-state index in [1.807, 2.05) is 29.9 Å². The van der Waals surface area contributed by atoms with Crippen molar-refractivity contribution in [3.8, 4) is 10.6 Å². The van der Waals surface area contributed by atoms with Gasteiger partial charge < -0.3 is 4.57 Å². The van der Waals surface area contributed by atoms with Crippen LogP contribution in [0.15, 0.2) is 60.2 Å². The van der Waals surface area contributed by atoms with E-state index < -0.39 is 0 Å². The molecule has 0 aliphatic rings. The summed E-state index contributed by atoms with van der Waals surface area (Å²) in [6, 6.07) is 14.5. The molecular formula is C17H12FN3S. The molecule has 0 bridgehead atoms. The lowest BCUT2D eigenvalue weighted by Gasteiger charge is -2.01. The molecule has 0 fully saturated rings. The molecule has 0 N–H and O–H groups in total. The number of aromatic nitrogens is 3. The predicted octanol–water partition coefficient (Wildman–Crippen LogP) is 4.35. The topological polar surface area (TPSA) is 30.7 Å². The molecule has 3 nitrogen and oxygen atoms in total. The Kier molecular flexibility index (Phi) is 3.20. The number of thiazole rings is 1. The quantitative estimate of drug-likeness (QED) is 0.563. The summed E-state index contributed by atoms with van der Waals surface area (Å²) < 4.78 is 15.1. The van der Waals surface area contributed by atoms with Crippen LogP contribution in [0.5, 0.6) is 0 Å². The number of hydrogen-bond acceptors (Lipinski definition) is 3. The van der Waals surface area contributed by atoms with Gasteiger partial charge in [0.15, 0.2) is 0 Å². The summed E-state index contributed by atoms with van der Waals surface area (Å²) in [6.07, 6.45) is 1.83. The molecule has 0 aliphatic carbocycles. The highest BCUT2D eigenvalue weighted by Gasteiger charge is 2.07. The van der Waals surface area contributed by atoms with Crippen LogP contribution in [-0.2, 0) is 6.54 Å². The molecule has 0 aliphatic heterocycles. The average molecular weight is 309 g/mol. The summed E-state index contributed by atoms with van der Waals surface area (Å²) in [5.41, 5.74) is 4.00. The second-order valence-corrected chi connectivity index (χ2v) is 5.87. The first-order valence-electron chi connectivity index (χ1n) is 6.90. The molecule has 4 aromatic rings. The predicted molar refractivity (Wildman–Crippen MR) is 86.3 cm³/mol. The molecule has 2 heterocycles. The van der Waals surface area contributed by atoms with Crippen LogP contribution < -0.4 is 0 Å². The lowest BCUT2D eigenvalue weighted by molar-refractivity contribution is 0.628. The summed E-state index contributed by atoms with van der Waals surface area (Å²) >= 11 is 1.57. The summed E-state index contributed by atoms with van der Waals surface area (Å²) in [5.74, 6) is -0.231. The zero-order chi connectivity index (χ0) is 14.9. The molecule has 0 unspecified atom stereocenters. The third-order valence-electron chi connectivity index (χ3n) is 3.50. The Labute approximate surface area is 130 Å². The van der Waals surface area contributed by atoms with Crippen LogP contribution in [0.25, 0.3) is 21.6 Å². The van der Waals surface area contributed by atoms with E-state index in [1.54, 1.807) is 23.5 Å². The van der Waals surface area contributed by atoms with Gasteiger partial charge in [0.25, 0.3) is 0 Å². The van der Waals surface area contributed by atoms with E-state index in [9.17, 15) is 4.39 Å². The van der Waals surface area contributed by atoms with Gasteiger partial charge in [-0.15, -0.1) is 11.3 Å². The third-order valence-corrected chi connectivity index (χ3v) is 4.44. The van der Waals surface area contributed by atoms with Crippen molar-refractivity contribution in [1.29, 1.82) is 0 Å². The van der Waals surface area contributed by atoms with Crippen LogP contribution in [-0.4, -0.2) is 14.5 Å². The van der Waals surface area contributed by atoms with Crippen molar-refractivity contribution in [1.82, 2.24) is 14.5 Å². The maximum Gasteiger partial charge on any atom is 0.123 e. The molecule has 0 spiro atoms. The summed E-state index contributed by atoms with van der Waals surface area (Å²) in [4.78, 5) is 9.03. The highest BCUT2D eigenvalue weighted by atomic mass is 32.1. The number of fused-ring (bicyclic) bond motifs is 1. The van der Waals surface area contributed by atoms with Crippen molar-refractivity contribution >= 4 is 22.4 Å². The molecule has 2 aromatic heterocycles. The molecule has 0 saturated heterocycles. The van der Waals surface area contributed by atoms with Gasteiger partial charge in [-0.3, -0.25) is 0 Å². The van der Waals surface area contributed by atoms with Gasteiger partial charge in [0.1, 0.15) is 10.8 Å². The monoisotopic (exact) mass is 309 g/mol. The zero-order valence-corrected chi connectivity index (χ0v) is 12.4. The second kappa shape index (κ2) is 5.35. The standard InChI is InChI=1S/C17H12FN3S/c18-13-7-5-12(6-8-13)17-20-14(10-22-17)9-21-11-19-15-3-1-2-4-16(15)21/h1-8,10-11H,9H2. The van der Waals surface area contributed by atoms with Gasteiger partial charge in [-0.05, 0) is 36.4 Å². The number of rotatable bonds is 3. The third kappa shape index (κ3) is 2.40. The SMILES string of the molecule is Fc1ccc(-c2nc(Cn3cnc4ccccc43)cs2)cc1. The van der Waals surface area contributed by atoms with Crippen molar-refractivity contribution in [3.63, 3.8) is 0 Å². The zero-order valence-electron chi connectivity index (χ0n) is 11.6. The fourth-order valence-electron chi connectivity index (χ4n) is 2.42. The van der Waals surface area contributed by atoms with E-state index in [0.717, 1.165) is 27.3 Å². The highest BCUT2D eigenvalue weighted by Crippen LogP contribution is 2.24. The van der Waals surface area contributed by atoms with E-state index >= 15 is 0 Å². The maximum atomic E-state index is 13.0. The largest absolute Gasteiger partial charge is 0.324 e. The molecule has 0 amide bonds. The highest BCUT2D eigenvalue weighted by molar-refractivity contribution is 7.13.